The Morgan fingerprint density at radius 2 is 1.17 bits per heavy atom. The van der Waals surface area contributed by atoms with E-state index in [1.165, 1.54) is 12.1 Å². The molecule has 3 nitrogen and oxygen atoms in total. The average molecular weight is 111 g/mol. The molecule has 0 fully saturated rings. The summed E-state index contributed by atoms with van der Waals surface area (Å²) in [6.45, 7) is 0. The van der Waals surface area contributed by atoms with Crippen molar-refractivity contribution < 1.29 is 0 Å². The van der Waals surface area contributed by atoms with E-state index in [1.807, 2.05) is 0 Å². The van der Waals surface area contributed by atoms with Gasteiger partial charge in [-0.25, -0.2) is 0 Å². The van der Waals surface area contributed by atoms with Crippen molar-refractivity contribution in [2.45, 2.75) is 0 Å². The summed E-state index contributed by atoms with van der Waals surface area (Å²) in [5.74, 6) is 0. The summed E-state index contributed by atoms with van der Waals surface area (Å²) in [4.78, 5) is 0. The molecule has 0 saturated heterocycles. The van der Waals surface area contributed by atoms with Gasteiger partial charge in [-0.05, 0) is 0 Å². The molecule has 0 saturated carbocycles. The van der Waals surface area contributed by atoms with E-state index in [-0.39, 0.29) is 43.9 Å². The first kappa shape index (κ1) is 16.4. The molecule has 3 N–H and O–H groups in total. The van der Waals surface area contributed by atoms with E-state index in [0.717, 1.165) is 0 Å². The molecule has 0 rings (SSSR count). The normalized spacial score (nSPS) is 1.67. The fraction of sp³-hybridized carbons (Fsp3) is 0. The van der Waals surface area contributed by atoms with Crippen LogP contribution in [0.25, 0.3) is 0 Å². The molecule has 0 radical (unpaired) electrons. The molecule has 0 aromatic rings. The topological polar surface area (TPSA) is 82.6 Å². The van der Waals surface area contributed by atoms with Crippen molar-refractivity contribution in [3.8, 4) is 12.1 Å². The van der Waals surface area contributed by atoms with Gasteiger partial charge in [0, 0.05) is 0 Å². The van der Waals surface area contributed by atoms with Gasteiger partial charge in [0.25, 0.3) is 0 Å². The quantitative estimate of drug-likeness (QED) is 0.419. The molecular formula is C2H5CaN3. The molecule has 0 aliphatic rings. The maximum absolute atomic E-state index is 7.26. The van der Waals surface area contributed by atoms with Crippen molar-refractivity contribution in [2.24, 2.45) is 0 Å². The molecule has 0 spiro atoms. The van der Waals surface area contributed by atoms with Crippen LogP contribution in [-0.2, 0) is 0 Å². The molecule has 30 valence electrons. The minimum atomic E-state index is 0. The zero-order valence-corrected chi connectivity index (χ0v) is 2.60. The summed E-state index contributed by atoms with van der Waals surface area (Å²) in [5, 5.41) is 14.5. The third-order valence-electron chi connectivity index (χ3n) is 0.0500. The van der Waals surface area contributed by atoms with Gasteiger partial charge < -0.3 is 6.15 Å². The van der Waals surface area contributed by atoms with Crippen LogP contribution in [0.1, 0.15) is 0 Å². The van der Waals surface area contributed by atoms with Crippen LogP contribution in [0.2, 0.25) is 0 Å². The first-order chi connectivity index (χ1) is 1.91. The van der Waals surface area contributed by atoms with Crippen molar-refractivity contribution in [1.29, 1.82) is 10.5 Å². The van der Waals surface area contributed by atoms with Gasteiger partial charge in [0.15, 0.2) is 12.1 Å². The molecule has 0 aliphatic heterocycles. The predicted molar refractivity (Wildman–Crippen MR) is 24.8 cm³/mol. The van der Waals surface area contributed by atoms with E-state index in [1.54, 1.807) is 0 Å². The maximum atomic E-state index is 7.26. The summed E-state index contributed by atoms with van der Waals surface area (Å²) in [5.41, 5.74) is 0. The summed E-state index contributed by atoms with van der Waals surface area (Å²) in [6.07, 6.45) is 0. The number of nitriles is 2. The Kier molecular flexibility index (Phi) is 51.7. The first-order valence-electron chi connectivity index (χ1n) is 0.697. The third kappa shape index (κ3) is 29.9. The van der Waals surface area contributed by atoms with E-state index in [2.05, 4.69) is 0 Å². The number of hydrogen-bond donors (Lipinski definition) is 1. The zero-order chi connectivity index (χ0) is 3.41. The van der Waals surface area contributed by atoms with Crippen LogP contribution in [0, 0.1) is 22.7 Å². The van der Waals surface area contributed by atoms with Gasteiger partial charge in [0.05, 0.1) is 0 Å². The molecular weight excluding hydrogens is 106 g/mol. The molecule has 0 unspecified atom stereocenters. The second-order valence-electron chi connectivity index (χ2n) is 0.224. The standard InChI is InChI=1S/C2N2.Ca.H3N.2H/c3-1-2-4;;;;/h;;1H3;;. The fourth-order valence-corrected chi connectivity index (χ4v) is 0. The van der Waals surface area contributed by atoms with E-state index in [9.17, 15) is 0 Å². The molecule has 0 aromatic heterocycles. The van der Waals surface area contributed by atoms with E-state index >= 15 is 0 Å². The van der Waals surface area contributed by atoms with E-state index in [0.29, 0.717) is 0 Å². The SMILES string of the molecule is N.N#CC#N.[CaH2]. The molecule has 6 heavy (non-hydrogen) atoms. The Hall–Kier alpha value is 0.200. The Morgan fingerprint density at radius 1 is 1.00 bits per heavy atom. The van der Waals surface area contributed by atoms with Gasteiger partial charge in [-0.1, -0.05) is 0 Å². The van der Waals surface area contributed by atoms with E-state index in [4.69, 9.17) is 10.5 Å². The van der Waals surface area contributed by atoms with Gasteiger partial charge >= 0.3 is 37.7 Å². The number of hydrogen-bond acceptors (Lipinski definition) is 3. The molecule has 0 aromatic carbocycles. The van der Waals surface area contributed by atoms with Crippen LogP contribution in [0.4, 0.5) is 0 Å². The van der Waals surface area contributed by atoms with Crippen LogP contribution in [-0.4, -0.2) is 37.7 Å². The average Bonchev–Trinajstić information content (AvgIpc) is 1.37. The molecule has 0 bridgehead atoms. The fourth-order valence-electron chi connectivity index (χ4n) is 0. The minimum absolute atomic E-state index is 0. The van der Waals surface area contributed by atoms with Gasteiger partial charge in [0.1, 0.15) is 0 Å². The van der Waals surface area contributed by atoms with Gasteiger partial charge in [-0.3, -0.25) is 0 Å². The van der Waals surface area contributed by atoms with Gasteiger partial charge in [0.2, 0.25) is 0 Å². The van der Waals surface area contributed by atoms with Crippen molar-refractivity contribution >= 4 is 37.7 Å². The van der Waals surface area contributed by atoms with Crippen LogP contribution in [0.5, 0.6) is 0 Å². The third-order valence-corrected chi connectivity index (χ3v) is 0.0500. The van der Waals surface area contributed by atoms with Crippen molar-refractivity contribution in [3.05, 3.63) is 0 Å². The summed E-state index contributed by atoms with van der Waals surface area (Å²) >= 11 is 0. The Morgan fingerprint density at radius 3 is 1.17 bits per heavy atom. The van der Waals surface area contributed by atoms with Crippen LogP contribution < -0.4 is 6.15 Å². The van der Waals surface area contributed by atoms with Gasteiger partial charge in [-0.15, -0.1) is 0 Å². The van der Waals surface area contributed by atoms with E-state index < -0.39 is 0 Å². The Labute approximate surface area is 66.1 Å². The molecule has 0 aliphatic carbocycles. The molecule has 0 amide bonds. The van der Waals surface area contributed by atoms with Crippen LogP contribution in [0.15, 0.2) is 0 Å². The summed E-state index contributed by atoms with van der Waals surface area (Å²) in [6, 6.07) is 2.47. The second kappa shape index (κ2) is 19.0. The number of rotatable bonds is 0. The van der Waals surface area contributed by atoms with Crippen LogP contribution in [0.3, 0.4) is 0 Å². The molecule has 4 heteroatoms. The van der Waals surface area contributed by atoms with Gasteiger partial charge in [-0.2, -0.15) is 10.5 Å². The zero-order valence-electron chi connectivity index (χ0n) is 2.60. The monoisotopic (exact) mass is 111 g/mol. The van der Waals surface area contributed by atoms with Crippen molar-refractivity contribution in [1.82, 2.24) is 6.15 Å². The van der Waals surface area contributed by atoms with Crippen molar-refractivity contribution in [2.75, 3.05) is 0 Å². The number of nitrogens with zero attached hydrogens (tertiary/aromatic N) is 2. The summed E-state index contributed by atoms with van der Waals surface area (Å²) in [7, 11) is 0. The Bertz CT molecular complexity index is 63.8. The first-order valence-corrected chi connectivity index (χ1v) is 0.697. The molecule has 0 atom stereocenters. The molecule has 0 heterocycles. The predicted octanol–water partition coefficient (Wildman–Crippen LogP) is -0.721. The summed E-state index contributed by atoms with van der Waals surface area (Å²) < 4.78 is 0. The second-order valence-corrected chi connectivity index (χ2v) is 0.224. The Balaban J connectivity index is -0.0000000450. The van der Waals surface area contributed by atoms with Crippen molar-refractivity contribution in [3.63, 3.8) is 0 Å². The van der Waals surface area contributed by atoms with Crippen LogP contribution >= 0.6 is 0 Å².